The third-order valence-corrected chi connectivity index (χ3v) is 2.71. The highest BCUT2D eigenvalue weighted by Crippen LogP contribution is 2.29. The maximum Gasteiger partial charge on any atom is 0.0422 e. The predicted molar refractivity (Wildman–Crippen MR) is 58.6 cm³/mol. The number of hydrogen-bond donors (Lipinski definition) is 0. The Hall–Kier alpha value is -1.31. The average molecular weight is 205 g/mol. The minimum absolute atomic E-state index is 0.0529. The maximum atomic E-state index is 10.7. The summed E-state index contributed by atoms with van der Waals surface area (Å²) in [7, 11) is 0. The molecule has 0 bridgehead atoms. The summed E-state index contributed by atoms with van der Waals surface area (Å²) >= 11 is 0. The second-order valence-corrected chi connectivity index (χ2v) is 4.75. The van der Waals surface area contributed by atoms with Crippen molar-refractivity contribution in [2.24, 2.45) is 0 Å². The van der Waals surface area contributed by atoms with E-state index in [-0.39, 0.29) is 11.8 Å². The van der Waals surface area contributed by atoms with E-state index in [4.69, 9.17) is 0 Å². The predicted octanol–water partition coefficient (Wildman–Crippen LogP) is 1.72. The maximum absolute atomic E-state index is 10.7. The molecule has 0 aliphatic carbocycles. The number of carbonyl (C=O) groups excluding carboxylic acids is 1. The molecule has 0 heterocycles. The van der Waals surface area contributed by atoms with Crippen LogP contribution >= 0.6 is 0 Å². The highest BCUT2D eigenvalue weighted by atomic mass is 16.4. The highest BCUT2D eigenvalue weighted by Gasteiger charge is 2.22. The van der Waals surface area contributed by atoms with E-state index in [0.717, 1.165) is 16.7 Å². The molecule has 0 atom stereocenters. The Morgan fingerprint density at radius 2 is 1.93 bits per heavy atom. The second kappa shape index (κ2) is 4.05. The van der Waals surface area contributed by atoms with Crippen LogP contribution in [0.25, 0.3) is 0 Å². The van der Waals surface area contributed by atoms with Crippen molar-refractivity contribution in [3.05, 3.63) is 34.9 Å². The normalized spacial score (nSPS) is 11.5. The van der Waals surface area contributed by atoms with Crippen LogP contribution in [0, 0.1) is 13.8 Å². The van der Waals surface area contributed by atoms with Crippen LogP contribution in [0.5, 0.6) is 0 Å². The molecule has 0 unspecified atom stereocenters. The van der Waals surface area contributed by atoms with Crippen LogP contribution in [0.2, 0.25) is 0 Å². The van der Waals surface area contributed by atoms with Gasteiger partial charge >= 0.3 is 0 Å². The molecule has 2 heteroatoms. The fraction of sp³-hybridized carbons (Fsp3) is 0.462. The van der Waals surface area contributed by atoms with Crippen molar-refractivity contribution in [3.8, 4) is 0 Å². The SMILES string of the molecule is Cc1ccc(C)c(C(C)(C)CC(=O)[O-])c1. The molecule has 15 heavy (non-hydrogen) atoms. The third kappa shape index (κ3) is 2.82. The number of carbonyl (C=O) groups is 1. The van der Waals surface area contributed by atoms with Gasteiger partial charge in [0.2, 0.25) is 0 Å². The van der Waals surface area contributed by atoms with Crippen LogP contribution in [0.3, 0.4) is 0 Å². The van der Waals surface area contributed by atoms with Gasteiger partial charge in [-0.15, -0.1) is 0 Å². The van der Waals surface area contributed by atoms with Gasteiger partial charge in [-0.1, -0.05) is 37.6 Å². The van der Waals surface area contributed by atoms with E-state index in [1.54, 1.807) is 0 Å². The molecule has 2 nitrogen and oxygen atoms in total. The van der Waals surface area contributed by atoms with E-state index in [9.17, 15) is 9.90 Å². The summed E-state index contributed by atoms with van der Waals surface area (Å²) in [5.74, 6) is -0.999. The molecule has 0 spiro atoms. The van der Waals surface area contributed by atoms with Crippen molar-refractivity contribution < 1.29 is 9.90 Å². The zero-order valence-electron chi connectivity index (χ0n) is 9.76. The average Bonchev–Trinajstić information content (AvgIpc) is 2.06. The summed E-state index contributed by atoms with van der Waals surface area (Å²) in [5, 5.41) is 10.7. The van der Waals surface area contributed by atoms with Crippen molar-refractivity contribution >= 4 is 5.97 Å². The Morgan fingerprint density at radius 1 is 1.33 bits per heavy atom. The first-order valence-corrected chi connectivity index (χ1v) is 5.10. The monoisotopic (exact) mass is 205 g/mol. The quantitative estimate of drug-likeness (QED) is 0.753. The number of rotatable bonds is 3. The molecule has 0 saturated heterocycles. The minimum atomic E-state index is -0.999. The van der Waals surface area contributed by atoms with Gasteiger partial charge in [0.1, 0.15) is 0 Å². The third-order valence-electron chi connectivity index (χ3n) is 2.71. The topological polar surface area (TPSA) is 40.1 Å². The lowest BCUT2D eigenvalue weighted by atomic mass is 9.79. The Kier molecular flexibility index (Phi) is 3.18. The molecule has 0 saturated carbocycles. The summed E-state index contributed by atoms with van der Waals surface area (Å²) in [6.45, 7) is 7.89. The zero-order chi connectivity index (χ0) is 11.6. The van der Waals surface area contributed by atoms with Crippen molar-refractivity contribution in [1.29, 1.82) is 0 Å². The zero-order valence-corrected chi connectivity index (χ0v) is 9.76. The number of carboxylic acids is 1. The van der Waals surface area contributed by atoms with Gasteiger partial charge in [0, 0.05) is 5.97 Å². The summed E-state index contributed by atoms with van der Waals surface area (Å²) in [6, 6.07) is 6.12. The first kappa shape index (κ1) is 11.8. The van der Waals surface area contributed by atoms with Gasteiger partial charge in [0.05, 0.1) is 0 Å². The molecule has 0 radical (unpaired) electrons. The van der Waals surface area contributed by atoms with Crippen LogP contribution < -0.4 is 5.11 Å². The van der Waals surface area contributed by atoms with E-state index in [1.165, 1.54) is 0 Å². The van der Waals surface area contributed by atoms with E-state index in [1.807, 2.05) is 39.8 Å². The van der Waals surface area contributed by atoms with Crippen molar-refractivity contribution in [2.75, 3.05) is 0 Å². The fourth-order valence-corrected chi connectivity index (χ4v) is 1.92. The van der Waals surface area contributed by atoms with Gasteiger partial charge in [0.25, 0.3) is 0 Å². The fourth-order valence-electron chi connectivity index (χ4n) is 1.92. The highest BCUT2D eigenvalue weighted by molar-refractivity contribution is 5.66. The van der Waals surface area contributed by atoms with Gasteiger partial charge in [-0.3, -0.25) is 0 Å². The van der Waals surface area contributed by atoms with Crippen molar-refractivity contribution in [2.45, 2.75) is 39.5 Å². The molecule has 0 amide bonds. The lowest BCUT2D eigenvalue weighted by Gasteiger charge is -2.28. The molecular weight excluding hydrogens is 188 g/mol. The van der Waals surface area contributed by atoms with E-state index >= 15 is 0 Å². The Morgan fingerprint density at radius 3 is 2.47 bits per heavy atom. The number of aliphatic carboxylic acids is 1. The first-order valence-electron chi connectivity index (χ1n) is 5.10. The van der Waals surface area contributed by atoms with Crippen LogP contribution in [0.1, 0.15) is 37.0 Å². The van der Waals surface area contributed by atoms with Gasteiger partial charge in [-0.2, -0.15) is 0 Å². The molecular formula is C13H17O2-. The Bertz CT molecular complexity index is 378. The molecule has 0 aromatic heterocycles. The summed E-state index contributed by atoms with van der Waals surface area (Å²) in [4.78, 5) is 10.7. The summed E-state index contributed by atoms with van der Waals surface area (Å²) < 4.78 is 0. The summed E-state index contributed by atoms with van der Waals surface area (Å²) in [6.07, 6.45) is 0.0529. The molecule has 0 aliphatic heterocycles. The lowest BCUT2D eigenvalue weighted by molar-refractivity contribution is -0.306. The molecule has 1 aromatic carbocycles. The van der Waals surface area contributed by atoms with E-state index < -0.39 is 5.97 Å². The lowest BCUT2D eigenvalue weighted by Crippen LogP contribution is -2.32. The van der Waals surface area contributed by atoms with Gasteiger partial charge in [0.15, 0.2) is 0 Å². The molecule has 1 aromatic rings. The van der Waals surface area contributed by atoms with Gasteiger partial charge < -0.3 is 9.90 Å². The van der Waals surface area contributed by atoms with Crippen molar-refractivity contribution in [3.63, 3.8) is 0 Å². The van der Waals surface area contributed by atoms with Crippen LogP contribution in [0.15, 0.2) is 18.2 Å². The summed E-state index contributed by atoms with van der Waals surface area (Å²) in [5.41, 5.74) is 3.01. The van der Waals surface area contributed by atoms with E-state index in [2.05, 4.69) is 6.07 Å². The van der Waals surface area contributed by atoms with Gasteiger partial charge in [-0.25, -0.2) is 0 Å². The van der Waals surface area contributed by atoms with Gasteiger partial charge in [-0.05, 0) is 36.8 Å². The first-order chi connectivity index (χ1) is 6.83. The standard InChI is InChI=1S/C13H18O2/c1-9-5-6-10(2)11(7-9)13(3,4)8-12(14)15/h5-7H,8H2,1-4H3,(H,14,15)/p-1. The van der Waals surface area contributed by atoms with Crippen LogP contribution in [-0.2, 0) is 10.2 Å². The number of benzene rings is 1. The Labute approximate surface area is 90.9 Å². The van der Waals surface area contributed by atoms with E-state index in [0.29, 0.717) is 0 Å². The number of aryl methyl sites for hydroxylation is 2. The largest absolute Gasteiger partial charge is 0.550 e. The molecule has 0 N–H and O–H groups in total. The number of carboxylic acid groups (broad SMARTS) is 1. The van der Waals surface area contributed by atoms with Crippen LogP contribution in [0.4, 0.5) is 0 Å². The Balaban J connectivity index is 3.13. The molecule has 1 rings (SSSR count). The van der Waals surface area contributed by atoms with Crippen LogP contribution in [-0.4, -0.2) is 5.97 Å². The minimum Gasteiger partial charge on any atom is -0.550 e. The molecule has 0 fully saturated rings. The molecule has 82 valence electrons. The second-order valence-electron chi connectivity index (χ2n) is 4.75. The van der Waals surface area contributed by atoms with Crippen molar-refractivity contribution in [1.82, 2.24) is 0 Å². The smallest absolute Gasteiger partial charge is 0.0422 e. The molecule has 0 aliphatic rings. The number of hydrogen-bond acceptors (Lipinski definition) is 2.